The van der Waals surface area contributed by atoms with E-state index in [1.54, 1.807) is 0 Å². The summed E-state index contributed by atoms with van der Waals surface area (Å²) in [5.41, 5.74) is 3.18. The number of aromatic nitrogens is 1. The molecule has 3 aliphatic heterocycles. The molecule has 3 saturated heterocycles. The monoisotopic (exact) mass is 650 g/mol. The van der Waals surface area contributed by atoms with Crippen molar-refractivity contribution in [3.05, 3.63) is 82.5 Å². The minimum absolute atomic E-state index is 0.00529. The number of urea groups is 1. The van der Waals surface area contributed by atoms with E-state index in [0.29, 0.717) is 36.4 Å². The van der Waals surface area contributed by atoms with Crippen LogP contribution < -0.4 is 4.74 Å². The number of hydrogen-bond donors (Lipinski definition) is 1. The molecule has 0 aliphatic carbocycles. The van der Waals surface area contributed by atoms with Gasteiger partial charge in [0, 0.05) is 73.2 Å². The van der Waals surface area contributed by atoms with Crippen LogP contribution in [-0.2, 0) is 16.1 Å². The van der Waals surface area contributed by atoms with E-state index in [0.717, 1.165) is 67.0 Å². The molecule has 9 nitrogen and oxygen atoms in total. The standard InChI is InChI=1S/C34H39ClN4O5S/c1-23-25(5-10-32(36-23)44-29-6-8-30(9-7-29)45-22-33(40)41)20-37-15-11-28(12-16-37)39-31(24-3-2-4-26(35)19-24)21-38(34(39)42)27-13-17-43-18-14-27/h2-10,19,27-28,31H,11-18,20-22H2,1H3,(H,40,41)/t31-/m0/s1. The van der Waals surface area contributed by atoms with Gasteiger partial charge < -0.3 is 24.4 Å². The molecule has 2 aromatic carbocycles. The average Bonchev–Trinajstić information content (AvgIpc) is 3.39. The first kappa shape index (κ1) is 31.7. The number of ether oxygens (including phenoxy) is 2. The number of benzene rings is 2. The summed E-state index contributed by atoms with van der Waals surface area (Å²) in [6, 6.07) is 19.8. The molecule has 3 aromatic rings. The highest BCUT2D eigenvalue weighted by Gasteiger charge is 2.45. The molecule has 0 spiro atoms. The van der Waals surface area contributed by atoms with E-state index in [1.807, 2.05) is 55.5 Å². The minimum Gasteiger partial charge on any atom is -0.481 e. The number of nitrogens with zero attached hydrogens (tertiary/aromatic N) is 4. The Balaban J connectivity index is 1.07. The molecule has 0 radical (unpaired) electrons. The Hall–Kier alpha value is -3.31. The maximum atomic E-state index is 13.9. The van der Waals surface area contributed by atoms with Crippen molar-refractivity contribution in [1.29, 1.82) is 0 Å². The first-order valence-corrected chi connectivity index (χ1v) is 16.9. The fourth-order valence-electron chi connectivity index (χ4n) is 6.58. The second kappa shape index (κ2) is 14.4. The molecule has 6 rings (SSSR count). The van der Waals surface area contributed by atoms with Gasteiger partial charge in [-0.15, -0.1) is 11.8 Å². The first-order chi connectivity index (χ1) is 21.8. The second-order valence-corrected chi connectivity index (χ2v) is 13.4. The third-order valence-electron chi connectivity index (χ3n) is 8.96. The van der Waals surface area contributed by atoms with Crippen molar-refractivity contribution < 1.29 is 24.2 Å². The molecule has 3 aliphatic rings. The van der Waals surface area contributed by atoms with Crippen LogP contribution in [0.5, 0.6) is 11.6 Å². The zero-order chi connectivity index (χ0) is 31.3. The van der Waals surface area contributed by atoms with Gasteiger partial charge in [-0.1, -0.05) is 29.8 Å². The van der Waals surface area contributed by atoms with Crippen LogP contribution >= 0.6 is 23.4 Å². The van der Waals surface area contributed by atoms with Gasteiger partial charge in [0.2, 0.25) is 5.88 Å². The molecule has 238 valence electrons. The van der Waals surface area contributed by atoms with E-state index in [2.05, 4.69) is 26.8 Å². The second-order valence-electron chi connectivity index (χ2n) is 11.9. The van der Waals surface area contributed by atoms with Crippen molar-refractivity contribution in [1.82, 2.24) is 19.7 Å². The predicted molar refractivity (Wildman–Crippen MR) is 174 cm³/mol. The van der Waals surface area contributed by atoms with Crippen LogP contribution in [-0.4, -0.2) is 87.5 Å². The van der Waals surface area contributed by atoms with Gasteiger partial charge in [0.05, 0.1) is 11.8 Å². The molecule has 0 saturated carbocycles. The molecule has 11 heteroatoms. The van der Waals surface area contributed by atoms with Crippen LogP contribution in [0.1, 0.15) is 48.5 Å². The molecule has 4 heterocycles. The van der Waals surface area contributed by atoms with Crippen molar-refractivity contribution in [2.24, 2.45) is 0 Å². The van der Waals surface area contributed by atoms with Crippen molar-refractivity contribution in [3.8, 4) is 11.6 Å². The first-order valence-electron chi connectivity index (χ1n) is 15.6. The highest BCUT2D eigenvalue weighted by molar-refractivity contribution is 8.00. The van der Waals surface area contributed by atoms with Crippen molar-refractivity contribution >= 4 is 35.4 Å². The van der Waals surface area contributed by atoms with Crippen LogP contribution in [0, 0.1) is 6.92 Å². The number of carboxylic acids is 1. The number of pyridine rings is 1. The van der Waals surface area contributed by atoms with Gasteiger partial charge in [-0.05, 0) is 80.1 Å². The van der Waals surface area contributed by atoms with Gasteiger partial charge in [0.15, 0.2) is 0 Å². The smallest absolute Gasteiger partial charge is 0.321 e. The lowest BCUT2D eigenvalue weighted by Crippen LogP contribution is -2.48. The van der Waals surface area contributed by atoms with Crippen LogP contribution in [0.3, 0.4) is 0 Å². The number of carbonyl (C=O) groups is 2. The van der Waals surface area contributed by atoms with E-state index in [9.17, 15) is 9.59 Å². The number of thioether (sulfide) groups is 1. The SMILES string of the molecule is Cc1nc(Oc2ccc(SCC(=O)O)cc2)ccc1CN1CCC(N2C(=O)N(C3CCOCC3)C[C@H]2c2cccc(Cl)c2)CC1. The number of aliphatic carboxylic acids is 1. The van der Waals surface area contributed by atoms with E-state index in [-0.39, 0.29) is 29.9 Å². The number of halogens is 1. The van der Waals surface area contributed by atoms with Gasteiger partial charge >= 0.3 is 12.0 Å². The maximum absolute atomic E-state index is 13.9. The lowest BCUT2D eigenvalue weighted by molar-refractivity contribution is -0.133. The van der Waals surface area contributed by atoms with Gasteiger partial charge in [-0.2, -0.15) is 0 Å². The number of carboxylic acid groups (broad SMARTS) is 1. The molecule has 1 N–H and O–H groups in total. The third kappa shape index (κ3) is 7.74. The largest absolute Gasteiger partial charge is 0.481 e. The highest BCUT2D eigenvalue weighted by atomic mass is 35.5. The zero-order valence-corrected chi connectivity index (χ0v) is 27.0. The molecular weight excluding hydrogens is 612 g/mol. The van der Waals surface area contributed by atoms with E-state index in [4.69, 9.17) is 31.2 Å². The number of hydrogen-bond acceptors (Lipinski definition) is 7. The molecule has 3 fully saturated rings. The van der Waals surface area contributed by atoms with Crippen LogP contribution in [0.2, 0.25) is 5.02 Å². The van der Waals surface area contributed by atoms with Crippen LogP contribution in [0.15, 0.2) is 65.6 Å². The molecular formula is C34H39ClN4O5S. The van der Waals surface area contributed by atoms with Crippen molar-refractivity contribution in [2.75, 3.05) is 38.6 Å². The Labute approximate surface area is 273 Å². The van der Waals surface area contributed by atoms with Crippen molar-refractivity contribution in [2.45, 2.75) is 62.2 Å². The summed E-state index contributed by atoms with van der Waals surface area (Å²) in [5, 5.41) is 9.57. The van der Waals surface area contributed by atoms with Gasteiger partial charge in [0.1, 0.15) is 5.75 Å². The summed E-state index contributed by atoms with van der Waals surface area (Å²) in [6.45, 7) is 6.70. The topological polar surface area (TPSA) is 95.4 Å². The van der Waals surface area contributed by atoms with Crippen molar-refractivity contribution in [3.63, 3.8) is 0 Å². The number of rotatable bonds is 10. The molecule has 0 bridgehead atoms. The molecule has 1 atom stereocenters. The lowest BCUT2D eigenvalue weighted by atomic mass is 9.98. The molecule has 2 amide bonds. The Bertz CT molecular complexity index is 1490. The highest BCUT2D eigenvalue weighted by Crippen LogP contribution is 2.38. The fraction of sp³-hybridized carbons (Fsp3) is 0.441. The lowest BCUT2D eigenvalue weighted by Gasteiger charge is -2.39. The van der Waals surface area contributed by atoms with Gasteiger partial charge in [-0.3, -0.25) is 9.69 Å². The van der Waals surface area contributed by atoms with E-state index < -0.39 is 5.97 Å². The summed E-state index contributed by atoms with van der Waals surface area (Å²) < 4.78 is 11.5. The molecule has 1 aromatic heterocycles. The normalized spacial score (nSPS) is 20.1. The number of likely N-dealkylation sites (tertiary alicyclic amines) is 1. The number of aryl methyl sites for hydroxylation is 1. The molecule has 0 unspecified atom stereocenters. The van der Waals surface area contributed by atoms with Crippen LogP contribution in [0.4, 0.5) is 4.79 Å². The summed E-state index contributed by atoms with van der Waals surface area (Å²) in [6.07, 6.45) is 3.60. The minimum atomic E-state index is -0.842. The quantitative estimate of drug-likeness (QED) is 0.244. The Kier molecular flexibility index (Phi) is 10.1. The summed E-state index contributed by atoms with van der Waals surface area (Å²) >= 11 is 7.66. The Morgan fingerprint density at radius 3 is 2.49 bits per heavy atom. The fourth-order valence-corrected chi connectivity index (χ4v) is 7.40. The third-order valence-corrected chi connectivity index (χ3v) is 10.2. The summed E-state index contributed by atoms with van der Waals surface area (Å²) in [5.74, 6) is 0.356. The molecule has 45 heavy (non-hydrogen) atoms. The van der Waals surface area contributed by atoms with Gasteiger partial charge in [-0.25, -0.2) is 9.78 Å². The van der Waals surface area contributed by atoms with Gasteiger partial charge in [0.25, 0.3) is 0 Å². The predicted octanol–water partition coefficient (Wildman–Crippen LogP) is 6.63. The van der Waals surface area contributed by atoms with E-state index in [1.165, 1.54) is 11.8 Å². The number of piperidine rings is 1. The summed E-state index contributed by atoms with van der Waals surface area (Å²) in [7, 11) is 0. The summed E-state index contributed by atoms with van der Waals surface area (Å²) in [4.78, 5) is 37.0. The Morgan fingerprint density at radius 2 is 1.80 bits per heavy atom. The number of amides is 2. The zero-order valence-electron chi connectivity index (χ0n) is 25.4. The maximum Gasteiger partial charge on any atom is 0.321 e. The van der Waals surface area contributed by atoms with Crippen LogP contribution in [0.25, 0.3) is 0 Å². The Morgan fingerprint density at radius 1 is 1.04 bits per heavy atom. The number of carbonyl (C=O) groups excluding carboxylic acids is 1. The van der Waals surface area contributed by atoms with E-state index >= 15 is 0 Å². The average molecular weight is 651 g/mol.